The molecule has 6 aromatic carbocycles. The smallest absolute Gasteiger partial charge is 0.235 e. The van der Waals surface area contributed by atoms with Gasteiger partial charge < -0.3 is 4.42 Å². The Morgan fingerprint density at radius 3 is 1.76 bits per heavy atom. The highest BCUT2D eigenvalue weighted by Crippen LogP contribution is 2.40. The first-order valence-corrected chi connectivity index (χ1v) is 14.1. The molecule has 9 aromatic rings. The summed E-state index contributed by atoms with van der Waals surface area (Å²) in [6, 6.07) is 48.3. The molecule has 0 saturated heterocycles. The van der Waals surface area contributed by atoms with Crippen LogP contribution in [0.2, 0.25) is 0 Å². The van der Waals surface area contributed by atoms with Crippen molar-refractivity contribution < 1.29 is 4.42 Å². The molecule has 0 spiro atoms. The molecule has 3 aromatic heterocycles. The fraction of sp³-hybridized carbons (Fsp3) is 0. The van der Waals surface area contributed by atoms with Crippen molar-refractivity contribution in [2.24, 2.45) is 0 Å². The Hall–Kier alpha value is -5.74. The van der Waals surface area contributed by atoms with Gasteiger partial charge in [-0.05, 0) is 41.5 Å². The van der Waals surface area contributed by atoms with E-state index >= 15 is 0 Å². The quantitative estimate of drug-likeness (QED) is 0.225. The molecule has 4 heteroatoms. The SMILES string of the molecule is c1ccc(-c2ccc(-c3nc(-n4c5ccccc5c5ccccc54)nc4ccc5oc6ccccc6c5c34)cc2)cc1. The third-order valence-electron chi connectivity index (χ3n) is 8.24. The summed E-state index contributed by atoms with van der Waals surface area (Å²) in [4.78, 5) is 10.6. The minimum absolute atomic E-state index is 0.647. The topological polar surface area (TPSA) is 43.9 Å². The summed E-state index contributed by atoms with van der Waals surface area (Å²) in [5.74, 6) is 0.647. The van der Waals surface area contributed by atoms with Crippen molar-refractivity contribution in [1.29, 1.82) is 0 Å². The number of benzene rings is 6. The zero-order valence-corrected chi connectivity index (χ0v) is 22.5. The van der Waals surface area contributed by atoms with Crippen LogP contribution in [-0.4, -0.2) is 14.5 Å². The number of fused-ring (bicyclic) bond motifs is 8. The van der Waals surface area contributed by atoms with Crippen molar-refractivity contribution >= 4 is 54.6 Å². The molecule has 0 aliphatic rings. The van der Waals surface area contributed by atoms with Gasteiger partial charge in [0, 0.05) is 32.5 Å². The molecule has 0 saturated carbocycles. The molecule has 0 atom stereocenters. The van der Waals surface area contributed by atoms with E-state index < -0.39 is 0 Å². The van der Waals surface area contributed by atoms with E-state index in [1.807, 2.05) is 24.3 Å². The predicted octanol–water partition coefficient (Wildman–Crippen LogP) is 9.96. The van der Waals surface area contributed by atoms with E-state index in [2.05, 4.69) is 120 Å². The number of hydrogen-bond acceptors (Lipinski definition) is 3. The minimum Gasteiger partial charge on any atom is -0.456 e. The van der Waals surface area contributed by atoms with Crippen LogP contribution in [0.4, 0.5) is 0 Å². The van der Waals surface area contributed by atoms with Gasteiger partial charge >= 0.3 is 0 Å². The molecule has 0 aliphatic carbocycles. The standard InChI is InChI=1S/C38H23N3O/c1-2-10-24(11-3-1)25-18-20-26(21-19-25)37-36-30(22-23-34-35(36)29-14-6-9-17-33(29)42-34)39-38(40-37)41-31-15-7-4-12-27(31)28-13-5-8-16-32(28)41/h1-23H. The fourth-order valence-corrected chi connectivity index (χ4v) is 6.33. The van der Waals surface area contributed by atoms with Crippen LogP contribution in [0.1, 0.15) is 0 Å². The molecule has 4 nitrogen and oxygen atoms in total. The van der Waals surface area contributed by atoms with Crippen molar-refractivity contribution in [2.75, 3.05) is 0 Å². The summed E-state index contributed by atoms with van der Waals surface area (Å²) in [5.41, 5.74) is 9.00. The van der Waals surface area contributed by atoms with Crippen molar-refractivity contribution in [2.45, 2.75) is 0 Å². The molecular formula is C38H23N3O. The maximum absolute atomic E-state index is 6.29. The van der Waals surface area contributed by atoms with Gasteiger partial charge in [-0.1, -0.05) is 109 Å². The van der Waals surface area contributed by atoms with Crippen LogP contribution in [0.15, 0.2) is 144 Å². The summed E-state index contributed by atoms with van der Waals surface area (Å²) in [6.07, 6.45) is 0. The number of para-hydroxylation sites is 3. The Labute approximate surface area is 241 Å². The average molecular weight is 538 g/mol. The lowest BCUT2D eigenvalue weighted by molar-refractivity contribution is 0.669. The first kappa shape index (κ1) is 23.0. The lowest BCUT2D eigenvalue weighted by Gasteiger charge is -2.13. The van der Waals surface area contributed by atoms with Gasteiger partial charge in [-0.25, -0.2) is 9.97 Å². The van der Waals surface area contributed by atoms with Crippen molar-refractivity contribution in [3.05, 3.63) is 140 Å². The maximum Gasteiger partial charge on any atom is 0.235 e. The lowest BCUT2D eigenvalue weighted by Crippen LogP contribution is -2.03. The predicted molar refractivity (Wildman–Crippen MR) is 172 cm³/mol. The normalized spacial score (nSPS) is 11.8. The van der Waals surface area contributed by atoms with Gasteiger partial charge in [0.25, 0.3) is 0 Å². The summed E-state index contributed by atoms with van der Waals surface area (Å²) in [5, 5.41) is 5.46. The van der Waals surface area contributed by atoms with Gasteiger partial charge in [0.05, 0.1) is 22.2 Å². The molecule has 0 bridgehead atoms. The monoisotopic (exact) mass is 537 g/mol. The van der Waals surface area contributed by atoms with E-state index in [4.69, 9.17) is 14.4 Å². The van der Waals surface area contributed by atoms with Crippen LogP contribution < -0.4 is 0 Å². The Kier molecular flexibility index (Phi) is 4.87. The number of hydrogen-bond donors (Lipinski definition) is 0. The van der Waals surface area contributed by atoms with Crippen molar-refractivity contribution in [3.8, 4) is 28.3 Å². The van der Waals surface area contributed by atoms with E-state index in [0.29, 0.717) is 5.95 Å². The lowest BCUT2D eigenvalue weighted by atomic mass is 9.99. The van der Waals surface area contributed by atoms with Crippen LogP contribution in [0, 0.1) is 0 Å². The Bertz CT molecular complexity index is 2400. The van der Waals surface area contributed by atoms with Gasteiger partial charge in [0.1, 0.15) is 11.2 Å². The third-order valence-corrected chi connectivity index (χ3v) is 8.24. The molecule has 0 N–H and O–H groups in total. The molecular weight excluding hydrogens is 514 g/mol. The molecule has 3 heterocycles. The summed E-state index contributed by atoms with van der Waals surface area (Å²) in [7, 11) is 0. The Balaban J connectivity index is 1.38. The summed E-state index contributed by atoms with van der Waals surface area (Å²) in [6.45, 7) is 0. The average Bonchev–Trinajstić information content (AvgIpc) is 3.61. The highest BCUT2D eigenvalue weighted by molar-refractivity contribution is 6.21. The molecule has 0 unspecified atom stereocenters. The number of furan rings is 1. The van der Waals surface area contributed by atoms with Crippen molar-refractivity contribution in [1.82, 2.24) is 14.5 Å². The van der Waals surface area contributed by atoms with E-state index in [1.54, 1.807) is 0 Å². The van der Waals surface area contributed by atoms with Gasteiger partial charge in [-0.15, -0.1) is 0 Å². The molecule has 196 valence electrons. The summed E-state index contributed by atoms with van der Waals surface area (Å²) >= 11 is 0. The van der Waals surface area contributed by atoms with Gasteiger partial charge in [0.2, 0.25) is 5.95 Å². The second-order valence-electron chi connectivity index (χ2n) is 10.6. The number of aromatic nitrogens is 3. The zero-order chi connectivity index (χ0) is 27.6. The highest BCUT2D eigenvalue weighted by atomic mass is 16.3. The fourth-order valence-electron chi connectivity index (χ4n) is 6.33. The second-order valence-corrected chi connectivity index (χ2v) is 10.6. The van der Waals surface area contributed by atoms with Gasteiger partial charge in [0.15, 0.2) is 0 Å². The van der Waals surface area contributed by atoms with Crippen LogP contribution in [0.3, 0.4) is 0 Å². The van der Waals surface area contributed by atoms with Gasteiger partial charge in [-0.2, -0.15) is 0 Å². The Morgan fingerprint density at radius 1 is 0.429 bits per heavy atom. The molecule has 42 heavy (non-hydrogen) atoms. The summed E-state index contributed by atoms with van der Waals surface area (Å²) < 4.78 is 8.47. The molecule has 0 aliphatic heterocycles. The van der Waals surface area contributed by atoms with E-state index in [1.165, 1.54) is 21.9 Å². The molecule has 0 amide bonds. The van der Waals surface area contributed by atoms with Gasteiger partial charge in [-0.3, -0.25) is 4.57 Å². The van der Waals surface area contributed by atoms with Crippen LogP contribution in [-0.2, 0) is 0 Å². The highest BCUT2D eigenvalue weighted by Gasteiger charge is 2.20. The first-order chi connectivity index (χ1) is 20.8. The van der Waals surface area contributed by atoms with Crippen LogP contribution in [0.25, 0.3) is 83.0 Å². The largest absolute Gasteiger partial charge is 0.456 e. The van der Waals surface area contributed by atoms with E-state index in [9.17, 15) is 0 Å². The minimum atomic E-state index is 0.647. The van der Waals surface area contributed by atoms with Crippen LogP contribution in [0.5, 0.6) is 0 Å². The second kappa shape index (κ2) is 8.88. The number of rotatable bonds is 3. The van der Waals surface area contributed by atoms with Crippen LogP contribution >= 0.6 is 0 Å². The van der Waals surface area contributed by atoms with E-state index in [-0.39, 0.29) is 0 Å². The van der Waals surface area contributed by atoms with Crippen molar-refractivity contribution in [3.63, 3.8) is 0 Å². The van der Waals surface area contributed by atoms with E-state index in [0.717, 1.165) is 55.1 Å². The Morgan fingerprint density at radius 2 is 1.02 bits per heavy atom. The molecule has 0 fully saturated rings. The third kappa shape index (κ3) is 3.36. The zero-order valence-electron chi connectivity index (χ0n) is 22.5. The molecule has 9 rings (SSSR count). The number of nitrogens with zero attached hydrogens (tertiary/aromatic N) is 3. The maximum atomic E-state index is 6.29. The first-order valence-electron chi connectivity index (χ1n) is 14.1. The molecule has 0 radical (unpaired) electrons.